The summed E-state index contributed by atoms with van der Waals surface area (Å²) in [7, 11) is 3.26. The van der Waals surface area contributed by atoms with Gasteiger partial charge in [0.15, 0.2) is 0 Å². The molecule has 0 aromatic heterocycles. The summed E-state index contributed by atoms with van der Waals surface area (Å²) in [5, 5.41) is 13.0. The fourth-order valence-corrected chi connectivity index (χ4v) is 1.96. The monoisotopic (exact) mass is 253 g/mol. The van der Waals surface area contributed by atoms with E-state index in [1.54, 1.807) is 14.2 Å². The van der Waals surface area contributed by atoms with Gasteiger partial charge in [0, 0.05) is 25.3 Å². The molecule has 4 heteroatoms. The van der Waals surface area contributed by atoms with Crippen molar-refractivity contribution in [1.29, 1.82) is 0 Å². The number of benzene rings is 1. The second-order valence-electron chi connectivity index (χ2n) is 4.22. The lowest BCUT2D eigenvalue weighted by atomic mass is 10.0. The van der Waals surface area contributed by atoms with Crippen LogP contribution >= 0.6 is 0 Å². The van der Waals surface area contributed by atoms with Gasteiger partial charge in [0.05, 0.1) is 19.8 Å². The van der Waals surface area contributed by atoms with Gasteiger partial charge in [-0.2, -0.15) is 0 Å². The molecule has 4 nitrogen and oxygen atoms in total. The minimum atomic E-state index is -0.487. The summed E-state index contributed by atoms with van der Waals surface area (Å²) < 4.78 is 10.3. The van der Waals surface area contributed by atoms with Gasteiger partial charge in [0.25, 0.3) is 0 Å². The number of para-hydroxylation sites is 1. The number of hydrogen-bond acceptors (Lipinski definition) is 4. The number of aliphatic hydroxyl groups excluding tert-OH is 1. The van der Waals surface area contributed by atoms with E-state index in [1.165, 1.54) is 0 Å². The zero-order chi connectivity index (χ0) is 13.4. The molecule has 0 aliphatic heterocycles. The standard InChI is InChI=1S/C14H23NO3/c1-4-13(15-9-11(16)10-17-2)12-7-5-6-8-14(12)18-3/h5-8,11,13,15-16H,4,9-10H2,1-3H3. The van der Waals surface area contributed by atoms with Crippen LogP contribution in [0.2, 0.25) is 0 Å². The highest BCUT2D eigenvalue weighted by atomic mass is 16.5. The molecule has 1 aromatic carbocycles. The van der Waals surface area contributed by atoms with Gasteiger partial charge < -0.3 is 19.9 Å². The summed E-state index contributed by atoms with van der Waals surface area (Å²) in [6.07, 6.45) is 0.443. The third kappa shape index (κ3) is 4.29. The molecular formula is C14H23NO3. The van der Waals surface area contributed by atoms with E-state index >= 15 is 0 Å². The van der Waals surface area contributed by atoms with Crippen LogP contribution in [0.15, 0.2) is 24.3 Å². The number of ether oxygens (including phenoxy) is 2. The van der Waals surface area contributed by atoms with Gasteiger partial charge in [0.1, 0.15) is 5.75 Å². The van der Waals surface area contributed by atoms with Crippen molar-refractivity contribution in [1.82, 2.24) is 5.32 Å². The van der Waals surface area contributed by atoms with Gasteiger partial charge in [-0.1, -0.05) is 25.1 Å². The normalized spacial score (nSPS) is 14.2. The average molecular weight is 253 g/mol. The summed E-state index contributed by atoms with van der Waals surface area (Å²) in [5.41, 5.74) is 1.12. The van der Waals surface area contributed by atoms with E-state index in [-0.39, 0.29) is 6.04 Å². The van der Waals surface area contributed by atoms with Crippen LogP contribution in [0.25, 0.3) is 0 Å². The summed E-state index contributed by atoms with van der Waals surface area (Å²) in [4.78, 5) is 0. The lowest BCUT2D eigenvalue weighted by molar-refractivity contribution is 0.0625. The molecule has 0 fully saturated rings. The SMILES string of the molecule is CCC(NCC(O)COC)c1ccccc1OC. The van der Waals surface area contributed by atoms with E-state index in [1.807, 2.05) is 24.3 Å². The van der Waals surface area contributed by atoms with E-state index in [9.17, 15) is 5.11 Å². The van der Waals surface area contributed by atoms with Crippen molar-refractivity contribution in [2.24, 2.45) is 0 Å². The van der Waals surface area contributed by atoms with Crippen LogP contribution in [0.4, 0.5) is 0 Å². The second kappa shape index (κ2) is 8.08. The van der Waals surface area contributed by atoms with E-state index in [0.717, 1.165) is 17.7 Å². The van der Waals surface area contributed by atoms with Crippen LogP contribution < -0.4 is 10.1 Å². The van der Waals surface area contributed by atoms with E-state index in [0.29, 0.717) is 13.2 Å². The number of methoxy groups -OCH3 is 2. The number of hydrogen-bond donors (Lipinski definition) is 2. The van der Waals surface area contributed by atoms with E-state index in [2.05, 4.69) is 12.2 Å². The van der Waals surface area contributed by atoms with Crippen LogP contribution in [0.1, 0.15) is 24.9 Å². The lowest BCUT2D eigenvalue weighted by Crippen LogP contribution is -2.32. The Morgan fingerprint density at radius 3 is 2.61 bits per heavy atom. The topological polar surface area (TPSA) is 50.7 Å². The van der Waals surface area contributed by atoms with Crippen LogP contribution in [-0.4, -0.2) is 38.6 Å². The molecule has 0 amide bonds. The molecule has 0 saturated carbocycles. The smallest absolute Gasteiger partial charge is 0.123 e. The molecule has 0 heterocycles. The van der Waals surface area contributed by atoms with Crippen molar-refractivity contribution < 1.29 is 14.6 Å². The van der Waals surface area contributed by atoms with Gasteiger partial charge in [-0.15, -0.1) is 0 Å². The summed E-state index contributed by atoms with van der Waals surface area (Å²) in [5.74, 6) is 0.873. The molecule has 2 N–H and O–H groups in total. The lowest BCUT2D eigenvalue weighted by Gasteiger charge is -2.21. The molecule has 0 saturated heterocycles. The Morgan fingerprint density at radius 2 is 2.00 bits per heavy atom. The zero-order valence-corrected chi connectivity index (χ0v) is 11.3. The molecule has 1 rings (SSSR count). The van der Waals surface area contributed by atoms with Crippen molar-refractivity contribution in [2.75, 3.05) is 27.4 Å². The first-order chi connectivity index (χ1) is 8.72. The van der Waals surface area contributed by atoms with Crippen molar-refractivity contribution in [3.63, 3.8) is 0 Å². The number of aliphatic hydroxyl groups is 1. The third-order valence-electron chi connectivity index (χ3n) is 2.88. The van der Waals surface area contributed by atoms with Crippen molar-refractivity contribution >= 4 is 0 Å². The molecule has 102 valence electrons. The van der Waals surface area contributed by atoms with E-state index < -0.39 is 6.10 Å². The molecule has 0 radical (unpaired) electrons. The number of rotatable bonds is 8. The molecule has 1 aromatic rings. The molecule has 0 bridgehead atoms. The highest BCUT2D eigenvalue weighted by molar-refractivity contribution is 5.35. The number of nitrogens with one attached hydrogen (secondary N) is 1. The van der Waals surface area contributed by atoms with Gasteiger partial charge >= 0.3 is 0 Å². The maximum absolute atomic E-state index is 9.65. The molecule has 2 unspecified atom stereocenters. The second-order valence-corrected chi connectivity index (χ2v) is 4.22. The summed E-state index contributed by atoms with van der Waals surface area (Å²) in [6, 6.07) is 8.11. The van der Waals surface area contributed by atoms with Gasteiger partial charge in [0.2, 0.25) is 0 Å². The Hall–Kier alpha value is -1.10. The Balaban J connectivity index is 2.65. The average Bonchev–Trinajstić information content (AvgIpc) is 2.40. The Bertz CT molecular complexity index is 344. The predicted octanol–water partition coefficient (Wildman–Crippen LogP) is 1.74. The quantitative estimate of drug-likeness (QED) is 0.741. The maximum atomic E-state index is 9.65. The molecular weight excluding hydrogens is 230 g/mol. The molecule has 0 spiro atoms. The van der Waals surface area contributed by atoms with Crippen molar-refractivity contribution in [2.45, 2.75) is 25.5 Å². The Labute approximate surface area is 109 Å². The van der Waals surface area contributed by atoms with Gasteiger partial charge in [-0.05, 0) is 12.5 Å². The highest BCUT2D eigenvalue weighted by Gasteiger charge is 2.14. The van der Waals surface area contributed by atoms with Crippen molar-refractivity contribution in [3.05, 3.63) is 29.8 Å². The maximum Gasteiger partial charge on any atom is 0.123 e. The van der Waals surface area contributed by atoms with Crippen LogP contribution in [0.5, 0.6) is 5.75 Å². The fraction of sp³-hybridized carbons (Fsp3) is 0.571. The Morgan fingerprint density at radius 1 is 1.28 bits per heavy atom. The highest BCUT2D eigenvalue weighted by Crippen LogP contribution is 2.26. The molecule has 0 aliphatic rings. The van der Waals surface area contributed by atoms with Crippen LogP contribution in [-0.2, 0) is 4.74 Å². The fourth-order valence-electron chi connectivity index (χ4n) is 1.96. The molecule has 0 aliphatic carbocycles. The first-order valence-electron chi connectivity index (χ1n) is 6.26. The van der Waals surface area contributed by atoms with E-state index in [4.69, 9.17) is 9.47 Å². The molecule has 2 atom stereocenters. The van der Waals surface area contributed by atoms with Gasteiger partial charge in [-0.3, -0.25) is 0 Å². The molecule has 18 heavy (non-hydrogen) atoms. The van der Waals surface area contributed by atoms with Crippen LogP contribution in [0.3, 0.4) is 0 Å². The first-order valence-corrected chi connectivity index (χ1v) is 6.26. The summed E-state index contributed by atoms with van der Waals surface area (Å²) >= 11 is 0. The van der Waals surface area contributed by atoms with Crippen molar-refractivity contribution in [3.8, 4) is 5.75 Å². The van der Waals surface area contributed by atoms with Crippen LogP contribution in [0, 0.1) is 0 Å². The zero-order valence-electron chi connectivity index (χ0n) is 11.3. The minimum Gasteiger partial charge on any atom is -0.496 e. The third-order valence-corrected chi connectivity index (χ3v) is 2.88. The summed E-state index contributed by atoms with van der Waals surface area (Å²) in [6.45, 7) is 2.95. The first kappa shape index (κ1) is 15.0. The minimum absolute atomic E-state index is 0.174. The predicted molar refractivity (Wildman–Crippen MR) is 71.9 cm³/mol. The van der Waals surface area contributed by atoms with Gasteiger partial charge in [-0.25, -0.2) is 0 Å². The Kier molecular flexibility index (Phi) is 6.72. The largest absolute Gasteiger partial charge is 0.496 e.